The molecule has 1 aliphatic heterocycles. The highest BCUT2D eigenvalue weighted by atomic mass is 32.2. The number of benzene rings is 2. The molecule has 23 heavy (non-hydrogen) atoms. The van der Waals surface area contributed by atoms with E-state index in [4.69, 9.17) is 4.74 Å². The third-order valence-electron chi connectivity index (χ3n) is 4.06. The summed E-state index contributed by atoms with van der Waals surface area (Å²) in [7, 11) is 1.61. The van der Waals surface area contributed by atoms with Gasteiger partial charge in [-0.25, -0.2) is 0 Å². The van der Waals surface area contributed by atoms with Crippen molar-refractivity contribution >= 4 is 22.7 Å². The van der Waals surface area contributed by atoms with Crippen LogP contribution in [0.3, 0.4) is 0 Å². The Kier molecular flexibility index (Phi) is 3.13. The van der Waals surface area contributed by atoms with Crippen molar-refractivity contribution in [1.29, 1.82) is 0 Å². The minimum atomic E-state index is -4.32. The van der Waals surface area contributed by atoms with Crippen LogP contribution in [0.5, 0.6) is 5.75 Å². The van der Waals surface area contributed by atoms with Gasteiger partial charge >= 0.3 is 6.18 Å². The SMILES string of the molecule is COc1ccc2[nH]c3c(c2c1)CSc1cc(C(F)(F)F)ccc1-3. The number of methoxy groups -OCH3 is 1. The predicted molar refractivity (Wildman–Crippen MR) is 84.8 cm³/mol. The molecule has 0 fully saturated rings. The van der Waals surface area contributed by atoms with Crippen LogP contribution < -0.4 is 4.74 Å². The first-order valence-corrected chi connectivity index (χ1v) is 7.99. The van der Waals surface area contributed by atoms with Gasteiger partial charge < -0.3 is 9.72 Å². The molecule has 1 N–H and O–H groups in total. The topological polar surface area (TPSA) is 25.0 Å². The molecule has 0 radical (unpaired) electrons. The Morgan fingerprint density at radius 3 is 2.70 bits per heavy atom. The molecule has 0 saturated carbocycles. The quantitative estimate of drug-likeness (QED) is 0.638. The number of H-pyrrole nitrogens is 1. The number of hydrogen-bond donors (Lipinski definition) is 1. The van der Waals surface area contributed by atoms with Gasteiger partial charge in [-0.2, -0.15) is 13.2 Å². The van der Waals surface area contributed by atoms with E-state index in [1.165, 1.54) is 17.8 Å². The van der Waals surface area contributed by atoms with Crippen molar-refractivity contribution in [2.24, 2.45) is 0 Å². The molecular formula is C17H12F3NOS. The standard InChI is InChI=1S/C17H12F3NOS/c1-22-10-3-5-14-12(7-10)13-8-23-15-6-9(17(18,19)20)2-4-11(15)16(13)21-14/h2-7,21H,8H2,1H3. The van der Waals surface area contributed by atoms with Gasteiger partial charge in [-0.05, 0) is 35.9 Å². The molecule has 2 aromatic carbocycles. The van der Waals surface area contributed by atoms with Crippen molar-refractivity contribution in [3.05, 3.63) is 47.5 Å². The van der Waals surface area contributed by atoms with E-state index in [2.05, 4.69) is 4.98 Å². The number of thioether (sulfide) groups is 1. The lowest BCUT2D eigenvalue weighted by Crippen LogP contribution is -2.06. The maximum absolute atomic E-state index is 12.9. The molecule has 0 bridgehead atoms. The van der Waals surface area contributed by atoms with Crippen LogP contribution in [0.15, 0.2) is 41.3 Å². The number of nitrogens with one attached hydrogen (secondary N) is 1. The second kappa shape index (κ2) is 4.96. The summed E-state index contributed by atoms with van der Waals surface area (Å²) in [4.78, 5) is 3.99. The number of aromatic amines is 1. The number of halogens is 3. The number of rotatable bonds is 1. The summed E-state index contributed by atoms with van der Waals surface area (Å²) >= 11 is 1.43. The lowest BCUT2D eigenvalue weighted by atomic mass is 10.0. The van der Waals surface area contributed by atoms with Crippen LogP contribution in [0.1, 0.15) is 11.1 Å². The highest BCUT2D eigenvalue weighted by Gasteiger charge is 2.32. The van der Waals surface area contributed by atoms with E-state index in [-0.39, 0.29) is 0 Å². The Morgan fingerprint density at radius 1 is 1.13 bits per heavy atom. The molecule has 118 valence electrons. The van der Waals surface area contributed by atoms with Gasteiger partial charge in [0.15, 0.2) is 0 Å². The molecule has 0 atom stereocenters. The van der Waals surface area contributed by atoms with Crippen molar-refractivity contribution in [2.45, 2.75) is 16.8 Å². The van der Waals surface area contributed by atoms with Gasteiger partial charge in [0.05, 0.1) is 18.4 Å². The summed E-state index contributed by atoms with van der Waals surface area (Å²) in [5, 5.41) is 1.05. The molecular weight excluding hydrogens is 323 g/mol. The molecule has 3 aromatic rings. The van der Waals surface area contributed by atoms with Gasteiger partial charge in [-0.3, -0.25) is 0 Å². The minimum absolute atomic E-state index is 0.606. The van der Waals surface area contributed by atoms with Crippen LogP contribution >= 0.6 is 11.8 Å². The van der Waals surface area contributed by atoms with Gasteiger partial charge in [0.2, 0.25) is 0 Å². The van der Waals surface area contributed by atoms with Gasteiger partial charge in [-0.15, -0.1) is 11.8 Å². The summed E-state index contributed by atoms with van der Waals surface area (Å²) in [6.45, 7) is 0. The van der Waals surface area contributed by atoms with Crippen LogP contribution in [0, 0.1) is 0 Å². The summed E-state index contributed by atoms with van der Waals surface area (Å²) < 4.78 is 43.9. The van der Waals surface area contributed by atoms with Crippen molar-refractivity contribution < 1.29 is 17.9 Å². The number of hydrogen-bond acceptors (Lipinski definition) is 2. The summed E-state index contributed by atoms with van der Waals surface area (Å²) in [6, 6.07) is 9.68. The van der Waals surface area contributed by atoms with Gasteiger partial charge in [0.1, 0.15) is 5.75 Å². The fourth-order valence-corrected chi connectivity index (χ4v) is 4.04. The fraction of sp³-hybridized carbons (Fsp3) is 0.176. The Bertz CT molecular complexity index is 914. The lowest BCUT2D eigenvalue weighted by Gasteiger charge is -2.18. The summed E-state index contributed by atoms with van der Waals surface area (Å²) in [6.07, 6.45) is -4.32. The zero-order valence-corrected chi connectivity index (χ0v) is 12.9. The van der Waals surface area contributed by atoms with Gasteiger partial charge in [-0.1, -0.05) is 6.07 Å². The molecule has 1 aromatic heterocycles. The first-order chi connectivity index (χ1) is 11.0. The number of ether oxygens (including phenoxy) is 1. The smallest absolute Gasteiger partial charge is 0.416 e. The maximum atomic E-state index is 12.9. The molecule has 0 aliphatic carbocycles. The van der Waals surface area contributed by atoms with E-state index in [0.717, 1.165) is 39.5 Å². The molecule has 0 saturated heterocycles. The number of fused-ring (bicyclic) bond motifs is 5. The largest absolute Gasteiger partial charge is 0.497 e. The highest BCUT2D eigenvalue weighted by molar-refractivity contribution is 7.98. The fourth-order valence-electron chi connectivity index (χ4n) is 2.91. The van der Waals surface area contributed by atoms with E-state index in [1.807, 2.05) is 18.2 Å². The van der Waals surface area contributed by atoms with Crippen LogP contribution in [-0.4, -0.2) is 12.1 Å². The Labute approximate surface area is 134 Å². The molecule has 0 unspecified atom stereocenters. The zero-order chi connectivity index (χ0) is 16.2. The second-order valence-electron chi connectivity index (χ2n) is 5.39. The van der Waals surface area contributed by atoms with Crippen LogP contribution in [-0.2, 0) is 11.9 Å². The normalized spacial score (nSPS) is 13.7. The lowest BCUT2D eigenvalue weighted by molar-refractivity contribution is -0.137. The number of aromatic nitrogens is 1. The first-order valence-electron chi connectivity index (χ1n) is 7.00. The van der Waals surface area contributed by atoms with Crippen LogP contribution in [0.4, 0.5) is 13.2 Å². The van der Waals surface area contributed by atoms with Crippen LogP contribution in [0.2, 0.25) is 0 Å². The molecule has 2 heterocycles. The Balaban J connectivity index is 1.90. The predicted octanol–water partition coefficient (Wildman–Crippen LogP) is 5.47. The van der Waals surface area contributed by atoms with Crippen molar-refractivity contribution in [3.8, 4) is 17.0 Å². The molecule has 6 heteroatoms. The van der Waals surface area contributed by atoms with E-state index in [9.17, 15) is 13.2 Å². The Morgan fingerprint density at radius 2 is 1.96 bits per heavy atom. The average molecular weight is 335 g/mol. The Hall–Kier alpha value is -2.08. The minimum Gasteiger partial charge on any atom is -0.497 e. The molecule has 4 rings (SSSR count). The van der Waals surface area contributed by atoms with E-state index >= 15 is 0 Å². The van der Waals surface area contributed by atoms with E-state index in [1.54, 1.807) is 13.2 Å². The average Bonchev–Trinajstić information content (AvgIpc) is 2.91. The number of alkyl halides is 3. The molecule has 0 amide bonds. The third-order valence-corrected chi connectivity index (χ3v) is 5.15. The molecule has 0 spiro atoms. The monoisotopic (exact) mass is 335 g/mol. The summed E-state index contributed by atoms with van der Waals surface area (Å²) in [5.74, 6) is 1.40. The maximum Gasteiger partial charge on any atom is 0.416 e. The van der Waals surface area contributed by atoms with E-state index < -0.39 is 11.7 Å². The third kappa shape index (κ3) is 2.28. The summed E-state index contributed by atoms with van der Waals surface area (Å²) in [5.41, 5.74) is 3.18. The molecule has 1 aliphatic rings. The van der Waals surface area contributed by atoms with Gasteiger partial charge in [0, 0.05) is 27.1 Å². The van der Waals surface area contributed by atoms with Crippen molar-refractivity contribution in [2.75, 3.05) is 7.11 Å². The first kappa shape index (κ1) is 14.5. The van der Waals surface area contributed by atoms with Crippen LogP contribution in [0.25, 0.3) is 22.2 Å². The second-order valence-corrected chi connectivity index (χ2v) is 6.40. The zero-order valence-electron chi connectivity index (χ0n) is 12.1. The van der Waals surface area contributed by atoms with Crippen molar-refractivity contribution in [1.82, 2.24) is 4.98 Å². The molecule has 2 nitrogen and oxygen atoms in total. The van der Waals surface area contributed by atoms with Gasteiger partial charge in [0.25, 0.3) is 0 Å². The van der Waals surface area contributed by atoms with Crippen molar-refractivity contribution in [3.63, 3.8) is 0 Å². The highest BCUT2D eigenvalue weighted by Crippen LogP contribution is 2.46. The van der Waals surface area contributed by atoms with E-state index in [0.29, 0.717) is 10.6 Å².